The molecule has 0 aromatic heterocycles. The van der Waals surface area contributed by atoms with Gasteiger partial charge in [0.05, 0.1) is 38.8 Å². The number of hydrogen-bond donors (Lipinski definition) is 1. The summed E-state index contributed by atoms with van der Waals surface area (Å²) < 4.78 is 40.6. The highest BCUT2D eigenvalue weighted by molar-refractivity contribution is 5.68. The summed E-state index contributed by atoms with van der Waals surface area (Å²) in [5.41, 5.74) is 0.910. The molecule has 38 heavy (non-hydrogen) atoms. The molecule has 5 nitrogen and oxygen atoms in total. The van der Waals surface area contributed by atoms with E-state index in [9.17, 15) is 13.6 Å². The van der Waals surface area contributed by atoms with E-state index in [-0.39, 0.29) is 23.0 Å². The van der Waals surface area contributed by atoms with Crippen LogP contribution in [-0.2, 0) is 4.74 Å². The second kappa shape index (κ2) is 12.7. The first-order valence-corrected chi connectivity index (χ1v) is 13.0. The van der Waals surface area contributed by atoms with Gasteiger partial charge in [0.2, 0.25) is 0 Å². The minimum Gasteiger partial charge on any atom is -1.00 e. The highest BCUT2D eigenvalue weighted by atomic mass is 79.9. The molecule has 3 aliphatic rings. The number of benzene rings is 3. The van der Waals surface area contributed by atoms with Crippen molar-refractivity contribution in [2.45, 2.75) is 31.4 Å². The monoisotopic (exact) mass is 586 g/mol. The second-order valence-electron chi connectivity index (χ2n) is 10.2. The molecule has 3 saturated heterocycles. The van der Waals surface area contributed by atoms with Crippen molar-refractivity contribution in [1.82, 2.24) is 5.32 Å². The summed E-state index contributed by atoms with van der Waals surface area (Å²) >= 11 is 0. The third-order valence-corrected chi connectivity index (χ3v) is 7.72. The molecule has 0 unspecified atom stereocenters. The SMILES string of the molecule is O=C(N[C@H]1C[N+]2(CCCOc3ccccc3)CCC1CC2)OC(c1cccc(F)c1)c1cccc(F)c1.[Br-]. The van der Waals surface area contributed by atoms with Crippen LogP contribution in [0.4, 0.5) is 13.6 Å². The molecule has 3 fully saturated rings. The third-order valence-electron chi connectivity index (χ3n) is 7.72. The van der Waals surface area contributed by atoms with Crippen molar-refractivity contribution in [3.63, 3.8) is 0 Å². The minimum absolute atomic E-state index is 0. The summed E-state index contributed by atoms with van der Waals surface area (Å²) in [5, 5.41) is 3.10. The number of quaternary nitrogens is 1. The van der Waals surface area contributed by atoms with Gasteiger partial charge in [-0.2, -0.15) is 0 Å². The van der Waals surface area contributed by atoms with Crippen LogP contribution in [0.5, 0.6) is 5.75 Å². The lowest BCUT2D eigenvalue weighted by Crippen LogP contribution is -3.00. The van der Waals surface area contributed by atoms with Gasteiger partial charge in [-0.05, 0) is 53.4 Å². The standard InChI is InChI=1S/C30H32F2N2O3.BrH/c31-25-9-4-7-23(19-25)29(24-8-5-10-26(32)20-24)37-30(35)33-28-21-34(16-13-22(28)14-17-34)15-6-18-36-27-11-2-1-3-12-27;/h1-5,7-12,19-20,22,28-29H,6,13-18,21H2;1H/t22?,28-,34?;/m0./s1. The largest absolute Gasteiger partial charge is 1.00 e. The molecule has 3 aromatic carbocycles. The number of carbonyl (C=O) groups is 1. The number of para-hydroxylation sites is 1. The molecule has 2 bridgehead atoms. The molecule has 8 heteroatoms. The topological polar surface area (TPSA) is 47.6 Å². The summed E-state index contributed by atoms with van der Waals surface area (Å²) in [6.45, 7) is 4.74. The Balaban J connectivity index is 0.00000336. The Morgan fingerprint density at radius 1 is 0.921 bits per heavy atom. The fourth-order valence-corrected chi connectivity index (χ4v) is 5.83. The van der Waals surface area contributed by atoms with E-state index < -0.39 is 23.8 Å². The maximum Gasteiger partial charge on any atom is 0.408 e. The van der Waals surface area contributed by atoms with Gasteiger partial charge in [0.15, 0.2) is 6.10 Å². The number of nitrogens with one attached hydrogen (secondary N) is 1. The zero-order valence-electron chi connectivity index (χ0n) is 21.2. The van der Waals surface area contributed by atoms with Crippen molar-refractivity contribution in [3.8, 4) is 5.75 Å². The smallest absolute Gasteiger partial charge is 0.408 e. The number of nitrogens with zero attached hydrogens (tertiary/aromatic N) is 1. The van der Waals surface area contributed by atoms with Gasteiger partial charge in [-0.15, -0.1) is 0 Å². The summed E-state index contributed by atoms with van der Waals surface area (Å²) in [5.74, 6) is 0.411. The molecule has 1 atom stereocenters. The molecule has 3 aromatic rings. The fourth-order valence-electron chi connectivity index (χ4n) is 5.83. The Morgan fingerprint density at radius 3 is 2.16 bits per heavy atom. The van der Waals surface area contributed by atoms with Crippen LogP contribution in [-0.4, -0.2) is 49.4 Å². The highest BCUT2D eigenvalue weighted by Gasteiger charge is 2.46. The molecule has 0 saturated carbocycles. The number of ether oxygens (including phenoxy) is 2. The Hall–Kier alpha value is -2.97. The summed E-state index contributed by atoms with van der Waals surface area (Å²) in [6, 6.07) is 21.6. The lowest BCUT2D eigenvalue weighted by Gasteiger charge is -2.52. The average Bonchev–Trinajstić information content (AvgIpc) is 2.91. The number of hydrogen-bond acceptors (Lipinski definition) is 3. The maximum absolute atomic E-state index is 14.0. The minimum atomic E-state index is -0.911. The van der Waals surface area contributed by atoms with Crippen molar-refractivity contribution >= 4 is 6.09 Å². The predicted molar refractivity (Wildman–Crippen MR) is 137 cm³/mol. The summed E-state index contributed by atoms with van der Waals surface area (Å²) in [4.78, 5) is 13.1. The van der Waals surface area contributed by atoms with Gasteiger partial charge < -0.3 is 36.3 Å². The molecule has 1 N–H and O–H groups in total. The van der Waals surface area contributed by atoms with E-state index in [1.807, 2.05) is 30.3 Å². The van der Waals surface area contributed by atoms with Gasteiger partial charge in [0.1, 0.15) is 17.4 Å². The molecule has 0 radical (unpaired) electrons. The average molecular weight is 588 g/mol. The summed E-state index contributed by atoms with van der Waals surface area (Å²) in [6.07, 6.45) is 1.58. The molecular weight excluding hydrogens is 554 g/mol. The Labute approximate surface area is 233 Å². The normalized spacial score (nSPS) is 22.0. The Morgan fingerprint density at radius 2 is 1.55 bits per heavy atom. The van der Waals surface area contributed by atoms with E-state index >= 15 is 0 Å². The van der Waals surface area contributed by atoms with Crippen LogP contribution in [0.1, 0.15) is 36.5 Å². The number of amides is 1. The molecule has 0 aliphatic carbocycles. The van der Waals surface area contributed by atoms with Gasteiger partial charge in [0.25, 0.3) is 0 Å². The van der Waals surface area contributed by atoms with Crippen molar-refractivity contribution in [1.29, 1.82) is 0 Å². The first kappa shape index (κ1) is 28.0. The lowest BCUT2D eigenvalue weighted by atomic mass is 9.81. The predicted octanol–water partition coefficient (Wildman–Crippen LogP) is 2.86. The first-order valence-electron chi connectivity index (χ1n) is 13.0. The van der Waals surface area contributed by atoms with Crippen LogP contribution in [0.15, 0.2) is 78.9 Å². The van der Waals surface area contributed by atoms with Crippen molar-refractivity contribution in [2.24, 2.45) is 5.92 Å². The van der Waals surface area contributed by atoms with Gasteiger partial charge >= 0.3 is 6.09 Å². The van der Waals surface area contributed by atoms with Crippen LogP contribution >= 0.6 is 0 Å². The Kier molecular flexibility index (Phi) is 9.39. The van der Waals surface area contributed by atoms with E-state index in [0.29, 0.717) is 23.7 Å². The van der Waals surface area contributed by atoms with Crippen LogP contribution in [0.3, 0.4) is 0 Å². The van der Waals surface area contributed by atoms with Crippen LogP contribution in [0.2, 0.25) is 0 Å². The number of alkyl carbamates (subject to hydrolysis) is 1. The molecule has 3 heterocycles. The molecular formula is C30H33BrF2N2O3. The zero-order valence-corrected chi connectivity index (χ0v) is 22.8. The third kappa shape index (κ3) is 6.91. The van der Waals surface area contributed by atoms with Crippen molar-refractivity contribution in [3.05, 3.63) is 102 Å². The van der Waals surface area contributed by atoms with E-state index in [4.69, 9.17) is 9.47 Å². The second-order valence-corrected chi connectivity index (χ2v) is 10.2. The van der Waals surface area contributed by atoms with E-state index in [1.54, 1.807) is 24.3 Å². The number of rotatable bonds is 9. The first-order chi connectivity index (χ1) is 18.0. The van der Waals surface area contributed by atoms with Gasteiger partial charge in [0, 0.05) is 19.3 Å². The molecule has 3 aliphatic heterocycles. The Bertz CT molecular complexity index is 1160. The molecule has 202 valence electrons. The van der Waals surface area contributed by atoms with Gasteiger partial charge in [-0.3, -0.25) is 0 Å². The number of carbonyl (C=O) groups excluding carboxylic acids is 1. The fraction of sp³-hybridized carbons (Fsp3) is 0.367. The molecule has 6 rings (SSSR count). The lowest BCUT2D eigenvalue weighted by molar-refractivity contribution is -0.944. The van der Waals surface area contributed by atoms with Gasteiger partial charge in [-0.25, -0.2) is 13.6 Å². The quantitative estimate of drug-likeness (QED) is 0.310. The van der Waals surface area contributed by atoms with E-state index in [1.165, 1.54) is 24.3 Å². The van der Waals surface area contributed by atoms with E-state index in [2.05, 4.69) is 5.32 Å². The number of piperidine rings is 3. The highest BCUT2D eigenvalue weighted by Crippen LogP contribution is 2.35. The molecule has 1 amide bonds. The van der Waals surface area contributed by atoms with Crippen LogP contribution in [0, 0.1) is 17.6 Å². The van der Waals surface area contributed by atoms with Crippen molar-refractivity contribution in [2.75, 3.05) is 32.8 Å². The van der Waals surface area contributed by atoms with Crippen LogP contribution < -0.4 is 27.0 Å². The zero-order chi connectivity index (χ0) is 25.7. The summed E-state index contributed by atoms with van der Waals surface area (Å²) in [7, 11) is 0. The number of fused-ring (bicyclic) bond motifs is 3. The molecule has 0 spiro atoms. The van der Waals surface area contributed by atoms with Crippen LogP contribution in [0.25, 0.3) is 0 Å². The van der Waals surface area contributed by atoms with E-state index in [0.717, 1.165) is 55.7 Å². The van der Waals surface area contributed by atoms with Gasteiger partial charge in [-0.1, -0.05) is 42.5 Å². The number of halogens is 3. The van der Waals surface area contributed by atoms with Crippen molar-refractivity contribution < 1.29 is 44.5 Å². The maximum atomic E-state index is 14.0.